The van der Waals surface area contributed by atoms with Crippen LogP contribution in [-0.2, 0) is 4.79 Å². The quantitative estimate of drug-likeness (QED) is 0.340. The lowest BCUT2D eigenvalue weighted by Gasteiger charge is -2.12. The Hall–Kier alpha value is -0.370. The van der Waals surface area contributed by atoms with Gasteiger partial charge >= 0.3 is 0 Å². The van der Waals surface area contributed by atoms with Crippen molar-refractivity contribution < 1.29 is 9.90 Å². The Morgan fingerprint density at radius 3 is 1.48 bits per heavy atom. The first-order chi connectivity index (χ1) is 11.2. The van der Waals surface area contributed by atoms with Crippen LogP contribution in [0, 0.1) is 5.92 Å². The number of aliphatic hydroxyl groups is 1. The maximum atomic E-state index is 11.7. The molecule has 2 nitrogen and oxygen atoms in total. The number of Topliss-reactive ketones (excluding diaryl/α,β-unsaturated/α-hetero) is 1. The number of hydrogen-bond donors (Lipinski definition) is 1. The molecule has 0 fully saturated rings. The van der Waals surface area contributed by atoms with Crippen LogP contribution in [0.4, 0.5) is 0 Å². The SMILES string of the molecule is CCCCCCCCCCCCCC(CC)C(=O)CC.CCO. The maximum Gasteiger partial charge on any atom is 0.135 e. The van der Waals surface area contributed by atoms with Crippen molar-refractivity contribution in [3.8, 4) is 0 Å². The van der Waals surface area contributed by atoms with Crippen LogP contribution in [-0.4, -0.2) is 17.5 Å². The highest BCUT2D eigenvalue weighted by Crippen LogP contribution is 2.17. The van der Waals surface area contributed by atoms with Gasteiger partial charge in [0, 0.05) is 18.9 Å². The molecule has 1 atom stereocenters. The average Bonchev–Trinajstić information content (AvgIpc) is 2.56. The number of ketones is 1. The van der Waals surface area contributed by atoms with Crippen molar-refractivity contribution in [1.82, 2.24) is 0 Å². The lowest BCUT2D eigenvalue weighted by molar-refractivity contribution is -0.122. The average molecular weight is 329 g/mol. The largest absolute Gasteiger partial charge is 0.397 e. The smallest absolute Gasteiger partial charge is 0.135 e. The minimum Gasteiger partial charge on any atom is -0.397 e. The molecule has 0 saturated heterocycles. The number of rotatable bonds is 15. The predicted octanol–water partition coefficient (Wildman–Crippen LogP) is 6.69. The molecule has 1 unspecified atom stereocenters. The second-order valence-corrected chi connectivity index (χ2v) is 6.57. The van der Waals surface area contributed by atoms with Crippen LogP contribution in [0.5, 0.6) is 0 Å². The zero-order valence-corrected chi connectivity index (χ0v) is 16.5. The predicted molar refractivity (Wildman–Crippen MR) is 103 cm³/mol. The van der Waals surface area contributed by atoms with E-state index < -0.39 is 0 Å². The van der Waals surface area contributed by atoms with Gasteiger partial charge in [-0.15, -0.1) is 0 Å². The Labute approximate surface area is 146 Å². The van der Waals surface area contributed by atoms with Gasteiger partial charge in [-0.05, 0) is 19.8 Å². The van der Waals surface area contributed by atoms with E-state index in [4.69, 9.17) is 5.11 Å². The van der Waals surface area contributed by atoms with Gasteiger partial charge in [-0.2, -0.15) is 0 Å². The lowest BCUT2D eigenvalue weighted by atomic mass is 9.92. The molecule has 0 aliphatic rings. The summed E-state index contributed by atoms with van der Waals surface area (Å²) in [6, 6.07) is 0. The number of hydrogen-bond acceptors (Lipinski definition) is 2. The van der Waals surface area contributed by atoms with Gasteiger partial charge in [0.1, 0.15) is 5.78 Å². The van der Waals surface area contributed by atoms with Gasteiger partial charge in [0.25, 0.3) is 0 Å². The zero-order valence-electron chi connectivity index (χ0n) is 16.5. The topological polar surface area (TPSA) is 37.3 Å². The summed E-state index contributed by atoms with van der Waals surface area (Å²) in [7, 11) is 0. The Morgan fingerprint density at radius 1 is 0.739 bits per heavy atom. The van der Waals surface area contributed by atoms with Gasteiger partial charge < -0.3 is 5.11 Å². The zero-order chi connectivity index (χ0) is 17.8. The van der Waals surface area contributed by atoms with Crippen LogP contribution in [0.1, 0.15) is 118 Å². The van der Waals surface area contributed by atoms with E-state index >= 15 is 0 Å². The third-order valence-electron chi connectivity index (χ3n) is 4.45. The van der Waals surface area contributed by atoms with Gasteiger partial charge in [-0.3, -0.25) is 4.79 Å². The van der Waals surface area contributed by atoms with E-state index in [-0.39, 0.29) is 6.61 Å². The van der Waals surface area contributed by atoms with Crippen molar-refractivity contribution in [2.45, 2.75) is 118 Å². The number of aliphatic hydroxyl groups excluding tert-OH is 1. The first-order valence-electron chi connectivity index (χ1n) is 10.3. The van der Waals surface area contributed by atoms with Crippen LogP contribution in [0.15, 0.2) is 0 Å². The summed E-state index contributed by atoms with van der Waals surface area (Å²) in [4.78, 5) is 11.7. The van der Waals surface area contributed by atoms with Crippen molar-refractivity contribution in [2.24, 2.45) is 5.92 Å². The molecule has 0 heterocycles. The molecule has 1 N–H and O–H groups in total. The standard InChI is InChI=1S/C19H38O.C2H6O/c1-4-7-8-9-10-11-12-13-14-15-16-17-18(5-2)19(20)6-3;1-2-3/h18H,4-17H2,1-3H3;3H,2H2,1H3. The van der Waals surface area contributed by atoms with E-state index in [1.165, 1.54) is 70.6 Å². The van der Waals surface area contributed by atoms with E-state index in [2.05, 4.69) is 13.8 Å². The van der Waals surface area contributed by atoms with Crippen molar-refractivity contribution in [2.75, 3.05) is 6.61 Å². The van der Waals surface area contributed by atoms with Crippen molar-refractivity contribution in [3.05, 3.63) is 0 Å². The number of carbonyl (C=O) groups excluding carboxylic acids is 1. The van der Waals surface area contributed by atoms with E-state index in [1.807, 2.05) is 6.92 Å². The molecule has 0 rings (SSSR count). The highest BCUT2D eigenvalue weighted by Gasteiger charge is 2.13. The summed E-state index contributed by atoms with van der Waals surface area (Å²) < 4.78 is 0. The third kappa shape index (κ3) is 19.6. The minimum absolute atomic E-state index is 0.250. The first-order valence-corrected chi connectivity index (χ1v) is 10.3. The highest BCUT2D eigenvalue weighted by molar-refractivity contribution is 5.80. The lowest BCUT2D eigenvalue weighted by Crippen LogP contribution is -2.12. The van der Waals surface area contributed by atoms with Crippen LogP contribution in [0.25, 0.3) is 0 Å². The molecular formula is C21H44O2. The fourth-order valence-electron chi connectivity index (χ4n) is 2.94. The molecule has 0 aromatic carbocycles. The Bertz CT molecular complexity index is 226. The van der Waals surface area contributed by atoms with Gasteiger partial charge in [0.2, 0.25) is 0 Å². The molecule has 0 bridgehead atoms. The minimum atomic E-state index is 0.250. The van der Waals surface area contributed by atoms with Crippen molar-refractivity contribution in [1.29, 1.82) is 0 Å². The monoisotopic (exact) mass is 328 g/mol. The third-order valence-corrected chi connectivity index (χ3v) is 4.45. The summed E-state index contributed by atoms with van der Waals surface area (Å²) in [6.45, 7) is 8.35. The van der Waals surface area contributed by atoms with Gasteiger partial charge in [-0.25, -0.2) is 0 Å². The first kappa shape index (κ1) is 24.9. The van der Waals surface area contributed by atoms with Crippen LogP contribution < -0.4 is 0 Å². The van der Waals surface area contributed by atoms with Crippen LogP contribution in [0.3, 0.4) is 0 Å². The Morgan fingerprint density at radius 2 is 1.13 bits per heavy atom. The molecule has 0 saturated carbocycles. The number of unbranched alkanes of at least 4 members (excludes halogenated alkanes) is 10. The van der Waals surface area contributed by atoms with Crippen molar-refractivity contribution >= 4 is 5.78 Å². The Kier molecular flexibility index (Phi) is 23.4. The molecular weight excluding hydrogens is 284 g/mol. The maximum absolute atomic E-state index is 11.7. The summed E-state index contributed by atoms with van der Waals surface area (Å²) in [6.07, 6.45) is 18.1. The highest BCUT2D eigenvalue weighted by atomic mass is 16.2. The summed E-state index contributed by atoms with van der Waals surface area (Å²) in [5.74, 6) is 0.818. The normalized spacial score (nSPS) is 11.7. The molecule has 0 radical (unpaired) electrons. The van der Waals surface area contributed by atoms with Crippen LogP contribution >= 0.6 is 0 Å². The molecule has 0 spiro atoms. The van der Waals surface area contributed by atoms with E-state index in [0.717, 1.165) is 19.3 Å². The molecule has 23 heavy (non-hydrogen) atoms. The van der Waals surface area contributed by atoms with Gasteiger partial charge in [-0.1, -0.05) is 91.4 Å². The molecule has 0 aromatic heterocycles. The molecule has 0 amide bonds. The molecule has 140 valence electrons. The van der Waals surface area contributed by atoms with Gasteiger partial charge in [0.05, 0.1) is 0 Å². The fraction of sp³-hybridized carbons (Fsp3) is 0.952. The fourth-order valence-corrected chi connectivity index (χ4v) is 2.94. The van der Waals surface area contributed by atoms with E-state index in [0.29, 0.717) is 11.7 Å². The second-order valence-electron chi connectivity index (χ2n) is 6.57. The summed E-state index contributed by atoms with van der Waals surface area (Å²) >= 11 is 0. The number of carbonyl (C=O) groups is 1. The van der Waals surface area contributed by atoms with E-state index in [9.17, 15) is 4.79 Å². The van der Waals surface area contributed by atoms with Crippen molar-refractivity contribution in [3.63, 3.8) is 0 Å². The van der Waals surface area contributed by atoms with Crippen LogP contribution in [0.2, 0.25) is 0 Å². The Balaban J connectivity index is 0. The second kappa shape index (κ2) is 21.6. The van der Waals surface area contributed by atoms with E-state index in [1.54, 1.807) is 6.92 Å². The summed E-state index contributed by atoms with van der Waals surface area (Å²) in [5.41, 5.74) is 0. The van der Waals surface area contributed by atoms with Gasteiger partial charge in [0.15, 0.2) is 0 Å². The molecule has 2 heteroatoms. The molecule has 0 aliphatic heterocycles. The summed E-state index contributed by atoms with van der Waals surface area (Å²) in [5, 5.41) is 7.57. The molecule has 0 aliphatic carbocycles. The molecule has 0 aromatic rings.